The molecular weight excluding hydrogens is 140 g/mol. The molecule has 68 valence electrons. The van der Waals surface area contributed by atoms with Gasteiger partial charge in [-0.15, -0.1) is 0 Å². The Morgan fingerprint density at radius 1 is 1.36 bits per heavy atom. The van der Waals surface area contributed by atoms with Crippen LogP contribution in [0.25, 0.3) is 0 Å². The van der Waals surface area contributed by atoms with E-state index in [4.69, 9.17) is 9.84 Å². The van der Waals surface area contributed by atoms with E-state index in [2.05, 4.69) is 6.92 Å². The molecule has 0 bridgehead atoms. The highest BCUT2D eigenvalue weighted by Crippen LogP contribution is 2.10. The van der Waals surface area contributed by atoms with Crippen molar-refractivity contribution in [3.05, 3.63) is 0 Å². The van der Waals surface area contributed by atoms with Crippen molar-refractivity contribution in [1.82, 2.24) is 0 Å². The van der Waals surface area contributed by atoms with Crippen molar-refractivity contribution < 1.29 is 9.84 Å². The summed E-state index contributed by atoms with van der Waals surface area (Å²) in [7, 11) is 0. The van der Waals surface area contributed by atoms with Gasteiger partial charge in [0, 0.05) is 0 Å². The summed E-state index contributed by atoms with van der Waals surface area (Å²) in [6, 6.07) is 0. The molecule has 1 aliphatic heterocycles. The zero-order valence-corrected chi connectivity index (χ0v) is 7.84. The maximum Gasteiger partial charge on any atom is 0.0807 e. The van der Waals surface area contributed by atoms with Crippen LogP contribution in [0.5, 0.6) is 0 Å². The van der Waals surface area contributed by atoms with Crippen molar-refractivity contribution in [2.75, 3.05) is 6.61 Å². The van der Waals surface area contributed by atoms with Crippen LogP contribution in [0.1, 0.15) is 40.0 Å². The van der Waals surface area contributed by atoms with Gasteiger partial charge in [0.15, 0.2) is 0 Å². The minimum absolute atomic E-state index is 0.0648. The van der Waals surface area contributed by atoms with Crippen molar-refractivity contribution >= 4 is 0 Å². The second kappa shape index (κ2) is 6.62. The lowest BCUT2D eigenvalue weighted by atomic mass is 10.2. The zero-order chi connectivity index (χ0) is 8.69. The number of ether oxygens (including phenoxy) is 1. The molecule has 1 aliphatic rings. The summed E-state index contributed by atoms with van der Waals surface area (Å²) in [6.07, 6.45) is 3.53. The Labute approximate surface area is 69.6 Å². The van der Waals surface area contributed by atoms with E-state index in [0.29, 0.717) is 6.10 Å². The summed E-state index contributed by atoms with van der Waals surface area (Å²) in [6.45, 7) is 7.11. The lowest BCUT2D eigenvalue weighted by Crippen LogP contribution is -1.99. The Balaban J connectivity index is 0.000000183. The third-order valence-corrected chi connectivity index (χ3v) is 1.80. The van der Waals surface area contributed by atoms with E-state index in [1.54, 1.807) is 0 Å². The molecule has 0 amide bonds. The molecule has 0 saturated carbocycles. The molecule has 1 unspecified atom stereocenters. The number of hydrogen-bond acceptors (Lipinski definition) is 2. The van der Waals surface area contributed by atoms with Gasteiger partial charge in [0.05, 0.1) is 18.8 Å². The zero-order valence-electron chi connectivity index (χ0n) is 7.84. The van der Waals surface area contributed by atoms with Crippen LogP contribution < -0.4 is 0 Å². The van der Waals surface area contributed by atoms with E-state index in [1.807, 2.05) is 13.8 Å². The maximum atomic E-state index is 8.67. The normalized spacial score (nSPS) is 21.0. The molecule has 0 aromatic heterocycles. The van der Waals surface area contributed by atoms with Gasteiger partial charge in [-0.3, -0.25) is 0 Å². The van der Waals surface area contributed by atoms with Crippen molar-refractivity contribution in [3.63, 3.8) is 0 Å². The number of rotatable bonds is 3. The Hall–Kier alpha value is -0.0800. The van der Waals surface area contributed by atoms with Crippen molar-refractivity contribution in [1.29, 1.82) is 0 Å². The highest BCUT2D eigenvalue weighted by Gasteiger charge is 2.18. The smallest absolute Gasteiger partial charge is 0.0807 e. The molecule has 0 aromatic carbocycles. The second-order valence-electron chi connectivity index (χ2n) is 2.83. The number of hydrogen-bond donors (Lipinski definition) is 1. The molecule has 1 rings (SSSR count). The molecule has 11 heavy (non-hydrogen) atoms. The predicted octanol–water partition coefficient (Wildman–Crippen LogP) is 1.96. The second-order valence-corrected chi connectivity index (χ2v) is 2.83. The van der Waals surface area contributed by atoms with E-state index < -0.39 is 0 Å². The van der Waals surface area contributed by atoms with Gasteiger partial charge in [0.2, 0.25) is 0 Å². The number of aliphatic hydroxyl groups excluding tert-OH is 1. The third kappa shape index (κ3) is 7.82. The van der Waals surface area contributed by atoms with Crippen LogP contribution in [0.4, 0.5) is 0 Å². The molecule has 1 saturated heterocycles. The quantitative estimate of drug-likeness (QED) is 0.640. The highest BCUT2D eigenvalue weighted by molar-refractivity contribution is 4.64. The van der Waals surface area contributed by atoms with Gasteiger partial charge < -0.3 is 9.84 Å². The predicted molar refractivity (Wildman–Crippen MR) is 46.6 cm³/mol. The molecule has 0 spiro atoms. The Kier molecular flexibility index (Phi) is 6.57. The summed E-state index contributed by atoms with van der Waals surface area (Å²) in [5, 5.41) is 8.67. The first-order chi connectivity index (χ1) is 5.24. The topological polar surface area (TPSA) is 32.8 Å². The molecule has 1 atom stereocenters. The fourth-order valence-electron chi connectivity index (χ4n) is 0.592. The SMILES string of the molecule is CCC(O)CC.CCC1CO1. The molecular formula is C9H20O2. The fraction of sp³-hybridized carbons (Fsp3) is 1.00. The Bertz CT molecular complexity index is 75.6. The minimum Gasteiger partial charge on any atom is -0.393 e. The van der Waals surface area contributed by atoms with Crippen LogP contribution in [-0.4, -0.2) is 23.9 Å². The van der Waals surface area contributed by atoms with Crippen molar-refractivity contribution in [3.8, 4) is 0 Å². The lowest BCUT2D eigenvalue weighted by Gasteiger charge is -1.98. The first kappa shape index (κ1) is 10.9. The number of epoxide rings is 1. The van der Waals surface area contributed by atoms with Crippen LogP contribution in [0.15, 0.2) is 0 Å². The van der Waals surface area contributed by atoms with E-state index in [1.165, 1.54) is 6.42 Å². The van der Waals surface area contributed by atoms with Crippen LogP contribution in [-0.2, 0) is 4.74 Å². The van der Waals surface area contributed by atoms with Gasteiger partial charge in [-0.25, -0.2) is 0 Å². The van der Waals surface area contributed by atoms with Crippen LogP contribution >= 0.6 is 0 Å². The van der Waals surface area contributed by atoms with E-state index in [-0.39, 0.29) is 6.10 Å². The first-order valence-corrected chi connectivity index (χ1v) is 4.54. The monoisotopic (exact) mass is 160 g/mol. The van der Waals surface area contributed by atoms with E-state index in [9.17, 15) is 0 Å². The van der Waals surface area contributed by atoms with Gasteiger partial charge in [-0.05, 0) is 19.3 Å². The maximum absolute atomic E-state index is 8.67. The summed E-state index contributed by atoms with van der Waals surface area (Å²) in [5.41, 5.74) is 0. The van der Waals surface area contributed by atoms with Gasteiger partial charge in [-0.2, -0.15) is 0 Å². The molecule has 2 nitrogen and oxygen atoms in total. The molecule has 1 heterocycles. The van der Waals surface area contributed by atoms with Crippen molar-refractivity contribution in [2.45, 2.75) is 52.2 Å². The molecule has 0 aliphatic carbocycles. The standard InChI is InChI=1S/C5H12O.C4H8O/c1-3-5(6)4-2;1-2-4-3-5-4/h5-6H,3-4H2,1-2H3;4H,2-3H2,1H3. The lowest BCUT2D eigenvalue weighted by molar-refractivity contribution is 0.166. The van der Waals surface area contributed by atoms with E-state index in [0.717, 1.165) is 19.4 Å². The largest absolute Gasteiger partial charge is 0.393 e. The van der Waals surface area contributed by atoms with Crippen molar-refractivity contribution in [2.24, 2.45) is 0 Å². The van der Waals surface area contributed by atoms with Gasteiger partial charge in [0.1, 0.15) is 0 Å². The summed E-state index contributed by atoms with van der Waals surface area (Å²) < 4.78 is 4.86. The molecule has 2 heteroatoms. The summed E-state index contributed by atoms with van der Waals surface area (Å²) in [5.74, 6) is 0. The molecule has 1 fully saturated rings. The molecule has 1 N–H and O–H groups in total. The Morgan fingerprint density at radius 2 is 1.82 bits per heavy atom. The van der Waals surface area contributed by atoms with E-state index >= 15 is 0 Å². The van der Waals surface area contributed by atoms with Crippen LogP contribution in [0, 0.1) is 0 Å². The third-order valence-electron chi connectivity index (χ3n) is 1.80. The minimum atomic E-state index is -0.0648. The molecule has 0 radical (unpaired) electrons. The first-order valence-electron chi connectivity index (χ1n) is 4.54. The van der Waals surface area contributed by atoms with Gasteiger partial charge in [-0.1, -0.05) is 20.8 Å². The van der Waals surface area contributed by atoms with Gasteiger partial charge >= 0.3 is 0 Å². The fourth-order valence-corrected chi connectivity index (χ4v) is 0.592. The summed E-state index contributed by atoms with van der Waals surface area (Å²) in [4.78, 5) is 0. The summed E-state index contributed by atoms with van der Waals surface area (Å²) >= 11 is 0. The number of aliphatic hydroxyl groups is 1. The highest BCUT2D eigenvalue weighted by atomic mass is 16.6. The van der Waals surface area contributed by atoms with Gasteiger partial charge in [0.25, 0.3) is 0 Å². The molecule has 0 aromatic rings. The average Bonchev–Trinajstić information content (AvgIpc) is 2.86. The van der Waals surface area contributed by atoms with Crippen LogP contribution in [0.2, 0.25) is 0 Å². The average molecular weight is 160 g/mol. The Morgan fingerprint density at radius 3 is 1.82 bits per heavy atom. The van der Waals surface area contributed by atoms with Crippen LogP contribution in [0.3, 0.4) is 0 Å².